The first-order valence-electron chi connectivity index (χ1n) is 19.6. The van der Waals surface area contributed by atoms with E-state index in [4.69, 9.17) is 9.47 Å². The van der Waals surface area contributed by atoms with Crippen LogP contribution in [-0.4, -0.2) is 51.5 Å². The maximum absolute atomic E-state index is 6.27. The Bertz CT molecular complexity index is 666. The summed E-state index contributed by atoms with van der Waals surface area (Å²) in [7, 11) is 4.29. The molecule has 45 heavy (non-hydrogen) atoms. The predicted octanol–water partition coefficient (Wildman–Crippen LogP) is 13.0. The van der Waals surface area contributed by atoms with Crippen LogP contribution in [0.15, 0.2) is 48.6 Å². The number of hydrogen-bond acceptors (Lipinski definition) is 3. The Morgan fingerprint density at radius 3 is 1.31 bits per heavy atom. The first-order chi connectivity index (χ1) is 22.2. The number of rotatable bonds is 36. The Morgan fingerprint density at radius 1 is 0.467 bits per heavy atom. The van der Waals surface area contributed by atoms with Crippen molar-refractivity contribution in [3.63, 3.8) is 0 Å². The van der Waals surface area contributed by atoms with Crippen molar-refractivity contribution in [2.45, 2.75) is 180 Å². The van der Waals surface area contributed by atoms with Crippen molar-refractivity contribution >= 4 is 0 Å². The van der Waals surface area contributed by atoms with Gasteiger partial charge in [-0.05, 0) is 97.6 Å². The number of ether oxygens (including phenoxy) is 2. The van der Waals surface area contributed by atoms with Gasteiger partial charge >= 0.3 is 0 Å². The highest BCUT2D eigenvalue weighted by molar-refractivity contribution is 4.93. The number of unbranched alkanes of at least 4 members (excludes halogenated alkanes) is 18. The smallest absolute Gasteiger partial charge is 0.0820 e. The third kappa shape index (κ3) is 38.9. The van der Waals surface area contributed by atoms with E-state index in [0.717, 1.165) is 45.6 Å². The minimum Gasteiger partial charge on any atom is -0.379 e. The zero-order chi connectivity index (χ0) is 32.7. The van der Waals surface area contributed by atoms with Crippen LogP contribution in [0.3, 0.4) is 0 Å². The molecule has 0 aromatic heterocycles. The highest BCUT2D eigenvalue weighted by Gasteiger charge is 2.10. The molecule has 0 aromatic rings. The van der Waals surface area contributed by atoms with E-state index >= 15 is 0 Å². The minimum atomic E-state index is 0.231. The van der Waals surface area contributed by atoms with Crippen LogP contribution in [0.4, 0.5) is 0 Å². The molecular weight excluding hydrogens is 550 g/mol. The summed E-state index contributed by atoms with van der Waals surface area (Å²) in [5.74, 6) is 0. The molecular formula is C42H79NO2. The van der Waals surface area contributed by atoms with E-state index in [-0.39, 0.29) is 6.10 Å². The first kappa shape index (κ1) is 43.8. The Morgan fingerprint density at radius 2 is 0.867 bits per heavy atom. The normalized spacial score (nSPS) is 13.2. The molecule has 3 heteroatoms. The zero-order valence-electron chi connectivity index (χ0n) is 31.0. The van der Waals surface area contributed by atoms with Gasteiger partial charge in [-0.2, -0.15) is 0 Å². The lowest BCUT2D eigenvalue weighted by Crippen LogP contribution is -2.26. The molecule has 0 bridgehead atoms. The van der Waals surface area contributed by atoms with E-state index in [2.05, 4.69) is 81.5 Å². The van der Waals surface area contributed by atoms with Gasteiger partial charge in [0.1, 0.15) is 0 Å². The fourth-order valence-corrected chi connectivity index (χ4v) is 5.36. The Labute approximate surface area is 283 Å². The second-order valence-corrected chi connectivity index (χ2v) is 13.3. The van der Waals surface area contributed by atoms with Gasteiger partial charge in [-0.15, -0.1) is 0 Å². The molecule has 0 saturated carbocycles. The first-order valence-corrected chi connectivity index (χ1v) is 19.6. The van der Waals surface area contributed by atoms with Crippen LogP contribution < -0.4 is 0 Å². The predicted molar refractivity (Wildman–Crippen MR) is 202 cm³/mol. The average Bonchev–Trinajstić information content (AvgIpc) is 3.04. The van der Waals surface area contributed by atoms with E-state index in [1.165, 1.54) is 141 Å². The maximum atomic E-state index is 6.27. The van der Waals surface area contributed by atoms with Crippen molar-refractivity contribution < 1.29 is 9.47 Å². The van der Waals surface area contributed by atoms with Gasteiger partial charge in [-0.25, -0.2) is 0 Å². The van der Waals surface area contributed by atoms with E-state index in [9.17, 15) is 0 Å². The molecule has 1 atom stereocenters. The van der Waals surface area contributed by atoms with Crippen molar-refractivity contribution in [1.82, 2.24) is 4.90 Å². The molecule has 264 valence electrons. The standard InChI is InChI=1S/C42H79NO2/c1-5-7-9-11-13-15-17-19-21-23-25-27-29-31-33-35-39-44-41-42(37-38-43(3)4)45-40-36-34-32-30-28-26-24-22-20-18-16-14-12-10-8-6-2/h13-16,19-22,42H,5-12,17-18,23-41H2,1-4H3/b15-13-,16-14-,21-19-,22-20-. The molecule has 0 N–H and O–H groups in total. The Kier molecular flexibility index (Phi) is 38.0. The fraction of sp³-hybridized carbons (Fsp3) is 0.810. The van der Waals surface area contributed by atoms with Gasteiger partial charge in [0.15, 0.2) is 0 Å². The summed E-state index contributed by atoms with van der Waals surface area (Å²) in [6.07, 6.45) is 50.9. The van der Waals surface area contributed by atoms with Crippen LogP contribution in [-0.2, 0) is 9.47 Å². The highest BCUT2D eigenvalue weighted by Crippen LogP contribution is 2.11. The average molecular weight is 630 g/mol. The van der Waals surface area contributed by atoms with Gasteiger partial charge in [0.25, 0.3) is 0 Å². The van der Waals surface area contributed by atoms with Crippen molar-refractivity contribution in [3.8, 4) is 0 Å². The fourth-order valence-electron chi connectivity index (χ4n) is 5.36. The summed E-state index contributed by atoms with van der Waals surface area (Å²) in [6, 6.07) is 0. The lowest BCUT2D eigenvalue weighted by Gasteiger charge is -2.20. The summed E-state index contributed by atoms with van der Waals surface area (Å²) < 4.78 is 12.3. The van der Waals surface area contributed by atoms with Crippen LogP contribution >= 0.6 is 0 Å². The van der Waals surface area contributed by atoms with Gasteiger partial charge in [-0.1, -0.05) is 140 Å². The number of nitrogens with zero attached hydrogens (tertiary/aromatic N) is 1. The third-order valence-corrected chi connectivity index (χ3v) is 8.39. The Hall–Kier alpha value is -1.16. The molecule has 0 aromatic carbocycles. The largest absolute Gasteiger partial charge is 0.379 e. The molecule has 0 radical (unpaired) electrons. The maximum Gasteiger partial charge on any atom is 0.0820 e. The van der Waals surface area contributed by atoms with Gasteiger partial charge in [0, 0.05) is 19.8 Å². The molecule has 0 amide bonds. The quantitative estimate of drug-likeness (QED) is 0.0508. The summed E-state index contributed by atoms with van der Waals surface area (Å²) in [5.41, 5.74) is 0. The van der Waals surface area contributed by atoms with E-state index in [0.29, 0.717) is 0 Å². The van der Waals surface area contributed by atoms with E-state index < -0.39 is 0 Å². The molecule has 1 unspecified atom stereocenters. The van der Waals surface area contributed by atoms with Crippen LogP contribution in [0, 0.1) is 0 Å². The van der Waals surface area contributed by atoms with Gasteiger partial charge < -0.3 is 14.4 Å². The third-order valence-electron chi connectivity index (χ3n) is 8.39. The number of hydrogen-bond donors (Lipinski definition) is 0. The summed E-state index contributed by atoms with van der Waals surface area (Å²) in [5, 5.41) is 0. The van der Waals surface area contributed by atoms with Gasteiger partial charge in [0.05, 0.1) is 12.7 Å². The zero-order valence-corrected chi connectivity index (χ0v) is 31.0. The molecule has 0 fully saturated rings. The van der Waals surface area contributed by atoms with Crippen molar-refractivity contribution in [2.75, 3.05) is 40.5 Å². The molecule has 0 aliphatic heterocycles. The van der Waals surface area contributed by atoms with Crippen molar-refractivity contribution in [3.05, 3.63) is 48.6 Å². The molecule has 0 aliphatic rings. The van der Waals surface area contributed by atoms with Crippen molar-refractivity contribution in [2.24, 2.45) is 0 Å². The van der Waals surface area contributed by atoms with Gasteiger partial charge in [0.2, 0.25) is 0 Å². The van der Waals surface area contributed by atoms with Crippen LogP contribution in [0.2, 0.25) is 0 Å². The van der Waals surface area contributed by atoms with Crippen LogP contribution in [0.5, 0.6) is 0 Å². The number of allylic oxidation sites excluding steroid dienone is 8. The molecule has 0 aliphatic carbocycles. The second kappa shape index (κ2) is 39.0. The summed E-state index contributed by atoms with van der Waals surface area (Å²) in [6.45, 7) is 8.09. The highest BCUT2D eigenvalue weighted by atomic mass is 16.5. The van der Waals surface area contributed by atoms with E-state index in [1.54, 1.807) is 0 Å². The molecule has 0 spiro atoms. The van der Waals surface area contributed by atoms with Crippen LogP contribution in [0.1, 0.15) is 174 Å². The van der Waals surface area contributed by atoms with Gasteiger partial charge in [-0.3, -0.25) is 0 Å². The van der Waals surface area contributed by atoms with E-state index in [1.807, 2.05) is 0 Å². The lowest BCUT2D eigenvalue weighted by molar-refractivity contribution is -0.0248. The lowest BCUT2D eigenvalue weighted by atomic mass is 10.1. The molecule has 0 heterocycles. The SMILES string of the molecule is CCCCC/C=C\C/C=C\CCCCCCCCOCC(CCN(C)C)OCCCCCCCC/C=C\C/C=C\CCCCC. The summed E-state index contributed by atoms with van der Waals surface area (Å²) in [4.78, 5) is 2.25. The molecule has 0 saturated heterocycles. The van der Waals surface area contributed by atoms with Crippen molar-refractivity contribution in [1.29, 1.82) is 0 Å². The topological polar surface area (TPSA) is 21.7 Å². The Balaban J connectivity index is 3.66. The monoisotopic (exact) mass is 630 g/mol. The van der Waals surface area contributed by atoms with Crippen LogP contribution in [0.25, 0.3) is 0 Å². The second-order valence-electron chi connectivity index (χ2n) is 13.3. The summed E-state index contributed by atoms with van der Waals surface area (Å²) >= 11 is 0. The molecule has 0 rings (SSSR count). The molecule has 3 nitrogen and oxygen atoms in total. The minimum absolute atomic E-state index is 0.231.